The van der Waals surface area contributed by atoms with Crippen LogP contribution in [0.3, 0.4) is 0 Å². The third-order valence-corrected chi connectivity index (χ3v) is 6.72. The Balaban J connectivity index is 1.39. The lowest BCUT2D eigenvalue weighted by molar-refractivity contribution is -0.385. The fraction of sp³-hybridized carbons (Fsp3) is 0.174. The number of nitro groups is 1. The number of para-hydroxylation sites is 1. The third-order valence-electron chi connectivity index (χ3n) is 5.34. The van der Waals surface area contributed by atoms with Crippen LogP contribution in [0, 0.1) is 10.1 Å². The maximum atomic E-state index is 12.9. The minimum absolute atomic E-state index is 0.125. The van der Waals surface area contributed by atoms with Crippen molar-refractivity contribution in [3.8, 4) is 0 Å². The Kier molecular flexibility index (Phi) is 6.27. The number of carbonyl (C=O) groups is 1. The molecule has 0 aromatic heterocycles. The van der Waals surface area contributed by atoms with Gasteiger partial charge in [0.25, 0.3) is 21.6 Å². The van der Waals surface area contributed by atoms with Gasteiger partial charge in [-0.2, -0.15) is 0 Å². The average molecular weight is 467 g/mol. The highest BCUT2D eigenvalue weighted by atomic mass is 32.2. The topological polar surface area (TPSA) is 122 Å². The van der Waals surface area contributed by atoms with E-state index in [2.05, 4.69) is 10.0 Å². The van der Waals surface area contributed by atoms with Crippen molar-refractivity contribution in [1.82, 2.24) is 4.90 Å². The van der Waals surface area contributed by atoms with E-state index in [0.717, 1.165) is 18.2 Å². The first-order chi connectivity index (χ1) is 15.8. The van der Waals surface area contributed by atoms with Crippen LogP contribution in [-0.4, -0.2) is 43.3 Å². The fourth-order valence-electron chi connectivity index (χ4n) is 3.67. The van der Waals surface area contributed by atoms with Gasteiger partial charge in [-0.15, -0.1) is 0 Å². The van der Waals surface area contributed by atoms with Gasteiger partial charge in [-0.3, -0.25) is 19.6 Å². The van der Waals surface area contributed by atoms with Crippen molar-refractivity contribution in [2.24, 2.45) is 0 Å². The molecule has 170 valence electrons. The Morgan fingerprint density at radius 1 is 0.970 bits per heavy atom. The van der Waals surface area contributed by atoms with E-state index in [1.54, 1.807) is 17.0 Å². The minimum atomic E-state index is -4.01. The molecular formula is C23H22N4O5S. The molecule has 1 unspecified atom stereocenters. The number of amides is 1. The molecule has 1 heterocycles. The van der Waals surface area contributed by atoms with Gasteiger partial charge in [-0.25, -0.2) is 8.42 Å². The number of hydrogen-bond donors (Lipinski definition) is 2. The van der Waals surface area contributed by atoms with Crippen molar-refractivity contribution in [3.63, 3.8) is 0 Å². The van der Waals surface area contributed by atoms with Gasteiger partial charge >= 0.3 is 0 Å². The molecule has 1 amide bonds. The highest BCUT2D eigenvalue weighted by Crippen LogP contribution is 2.22. The monoisotopic (exact) mass is 466 g/mol. The lowest BCUT2D eigenvalue weighted by Gasteiger charge is -2.18. The summed E-state index contributed by atoms with van der Waals surface area (Å²) < 4.78 is 27.5. The van der Waals surface area contributed by atoms with Crippen LogP contribution in [0.4, 0.5) is 17.1 Å². The quantitative estimate of drug-likeness (QED) is 0.404. The predicted octanol–water partition coefficient (Wildman–Crippen LogP) is 3.72. The molecule has 1 aliphatic rings. The first-order valence-corrected chi connectivity index (χ1v) is 11.8. The van der Waals surface area contributed by atoms with Crippen LogP contribution in [0.1, 0.15) is 16.8 Å². The summed E-state index contributed by atoms with van der Waals surface area (Å²) in [4.78, 5) is 24.7. The number of nitrogens with one attached hydrogen (secondary N) is 2. The standard InChI is InChI=1S/C23H22N4O5S/c28-23(26-14-13-20(16-26)24-18-5-2-1-3-6-18)17-9-11-19(12-10-17)25-33(31,32)22-8-4-7-21(15-22)27(29)30/h1-12,15,20,24-25H,13-14,16H2. The lowest BCUT2D eigenvalue weighted by atomic mass is 10.2. The molecule has 0 aliphatic carbocycles. The molecule has 9 nitrogen and oxygen atoms in total. The van der Waals surface area contributed by atoms with E-state index < -0.39 is 14.9 Å². The molecule has 3 aromatic carbocycles. The number of carbonyl (C=O) groups excluding carboxylic acids is 1. The van der Waals surface area contributed by atoms with Crippen molar-refractivity contribution in [1.29, 1.82) is 0 Å². The van der Waals surface area contributed by atoms with Gasteiger partial charge < -0.3 is 10.2 Å². The maximum Gasteiger partial charge on any atom is 0.270 e. The summed E-state index contributed by atoms with van der Waals surface area (Å²) in [5, 5.41) is 14.3. The first kappa shape index (κ1) is 22.3. The summed E-state index contributed by atoms with van der Waals surface area (Å²) in [6.45, 7) is 1.21. The van der Waals surface area contributed by atoms with E-state index in [4.69, 9.17) is 0 Å². The highest BCUT2D eigenvalue weighted by molar-refractivity contribution is 7.92. The minimum Gasteiger partial charge on any atom is -0.380 e. The van der Waals surface area contributed by atoms with Crippen molar-refractivity contribution >= 4 is 33.0 Å². The molecule has 2 N–H and O–H groups in total. The smallest absolute Gasteiger partial charge is 0.270 e. The number of non-ortho nitro benzene ring substituents is 1. The molecule has 1 fully saturated rings. The van der Waals surface area contributed by atoms with E-state index in [9.17, 15) is 23.3 Å². The molecule has 4 rings (SSSR count). The van der Waals surface area contributed by atoms with Crippen LogP contribution >= 0.6 is 0 Å². The summed E-state index contributed by atoms with van der Waals surface area (Å²) in [5.41, 5.74) is 1.40. The molecule has 3 aromatic rings. The normalized spacial score (nSPS) is 15.8. The van der Waals surface area contributed by atoms with Crippen molar-refractivity contribution in [3.05, 3.63) is 94.5 Å². The van der Waals surface area contributed by atoms with Gasteiger partial charge in [-0.05, 0) is 48.9 Å². The molecular weight excluding hydrogens is 444 g/mol. The van der Waals surface area contributed by atoms with Gasteiger partial charge in [0, 0.05) is 48.2 Å². The Morgan fingerprint density at radius 2 is 1.70 bits per heavy atom. The number of hydrogen-bond acceptors (Lipinski definition) is 6. The van der Waals surface area contributed by atoms with E-state index in [0.29, 0.717) is 18.7 Å². The van der Waals surface area contributed by atoms with Crippen molar-refractivity contribution in [2.75, 3.05) is 23.1 Å². The van der Waals surface area contributed by atoms with Gasteiger partial charge in [0.1, 0.15) is 0 Å². The summed E-state index contributed by atoms with van der Waals surface area (Å²) in [6, 6.07) is 20.9. The van der Waals surface area contributed by atoms with Crippen molar-refractivity contribution < 1.29 is 18.1 Å². The lowest BCUT2D eigenvalue weighted by Crippen LogP contribution is -2.31. The molecule has 1 atom stereocenters. The van der Waals surface area contributed by atoms with Gasteiger partial charge in [0.15, 0.2) is 0 Å². The Hall–Kier alpha value is -3.92. The first-order valence-electron chi connectivity index (χ1n) is 10.3. The third kappa shape index (κ3) is 5.29. The number of nitrogens with zero attached hydrogens (tertiary/aromatic N) is 2. The second-order valence-electron chi connectivity index (χ2n) is 7.68. The van der Waals surface area contributed by atoms with Crippen LogP contribution < -0.4 is 10.0 Å². The second-order valence-corrected chi connectivity index (χ2v) is 9.37. The summed E-state index contributed by atoms with van der Waals surface area (Å²) >= 11 is 0. The Bertz CT molecular complexity index is 1260. The highest BCUT2D eigenvalue weighted by Gasteiger charge is 2.27. The van der Waals surface area contributed by atoms with E-state index in [1.165, 1.54) is 30.3 Å². The summed E-state index contributed by atoms with van der Waals surface area (Å²) in [6.07, 6.45) is 0.835. The van der Waals surface area contributed by atoms with Crippen LogP contribution in [0.5, 0.6) is 0 Å². The number of nitro benzene ring substituents is 1. The zero-order valence-corrected chi connectivity index (χ0v) is 18.4. The number of likely N-dealkylation sites (tertiary alicyclic amines) is 1. The van der Waals surface area contributed by atoms with E-state index >= 15 is 0 Å². The van der Waals surface area contributed by atoms with Crippen LogP contribution in [0.25, 0.3) is 0 Å². The van der Waals surface area contributed by atoms with Gasteiger partial charge in [0.2, 0.25) is 0 Å². The maximum absolute atomic E-state index is 12.9. The zero-order chi connectivity index (χ0) is 23.4. The number of anilines is 2. The molecule has 1 aliphatic heterocycles. The molecule has 10 heteroatoms. The van der Waals surface area contributed by atoms with Gasteiger partial charge in [-0.1, -0.05) is 24.3 Å². The molecule has 0 saturated carbocycles. The molecule has 33 heavy (non-hydrogen) atoms. The molecule has 0 bridgehead atoms. The van der Waals surface area contributed by atoms with E-state index in [1.807, 2.05) is 30.3 Å². The second kappa shape index (κ2) is 9.29. The van der Waals surface area contributed by atoms with Gasteiger partial charge in [0.05, 0.1) is 9.82 Å². The largest absolute Gasteiger partial charge is 0.380 e. The number of rotatable bonds is 7. The average Bonchev–Trinajstić information content (AvgIpc) is 3.28. The SMILES string of the molecule is O=C(c1ccc(NS(=O)(=O)c2cccc([N+](=O)[O-])c2)cc1)N1CCC(Nc2ccccc2)C1. The van der Waals surface area contributed by atoms with Crippen LogP contribution in [0.15, 0.2) is 83.8 Å². The summed E-state index contributed by atoms with van der Waals surface area (Å²) in [7, 11) is -4.01. The molecule has 0 spiro atoms. The summed E-state index contributed by atoms with van der Waals surface area (Å²) in [5.74, 6) is -0.125. The number of benzene rings is 3. The van der Waals surface area contributed by atoms with Crippen LogP contribution in [-0.2, 0) is 10.0 Å². The fourth-order valence-corrected chi connectivity index (χ4v) is 4.77. The number of sulfonamides is 1. The predicted molar refractivity (Wildman–Crippen MR) is 125 cm³/mol. The van der Waals surface area contributed by atoms with Crippen molar-refractivity contribution in [2.45, 2.75) is 17.4 Å². The van der Waals surface area contributed by atoms with E-state index in [-0.39, 0.29) is 28.2 Å². The molecule has 0 radical (unpaired) electrons. The molecule has 1 saturated heterocycles. The Labute approximate surface area is 191 Å². The Morgan fingerprint density at radius 3 is 2.39 bits per heavy atom. The zero-order valence-electron chi connectivity index (χ0n) is 17.5. The van der Waals surface area contributed by atoms with Crippen LogP contribution in [0.2, 0.25) is 0 Å².